The van der Waals surface area contributed by atoms with Crippen molar-refractivity contribution in [1.29, 1.82) is 0 Å². The topological polar surface area (TPSA) is 38.1 Å². The van der Waals surface area contributed by atoms with Gasteiger partial charge >= 0.3 is 0 Å². The standard InChI is InChI=1S/C15H20N2O/c1-4-13-5-7-14(8-6-13)12(3)16-10-15-9-11(2)18-17-15/h5-9,12,16H,4,10H2,1-3H3. The second-order valence-electron chi connectivity index (χ2n) is 4.63. The summed E-state index contributed by atoms with van der Waals surface area (Å²) >= 11 is 0. The first kappa shape index (κ1) is 12.8. The lowest BCUT2D eigenvalue weighted by Gasteiger charge is -2.13. The molecule has 2 aromatic rings. The van der Waals surface area contributed by atoms with Crippen LogP contribution in [0.2, 0.25) is 0 Å². The molecule has 3 nitrogen and oxygen atoms in total. The smallest absolute Gasteiger partial charge is 0.133 e. The van der Waals surface area contributed by atoms with Crippen LogP contribution in [0.3, 0.4) is 0 Å². The molecule has 1 N–H and O–H groups in total. The van der Waals surface area contributed by atoms with Crippen LogP contribution >= 0.6 is 0 Å². The summed E-state index contributed by atoms with van der Waals surface area (Å²) in [6.45, 7) is 6.97. The Morgan fingerprint density at radius 3 is 2.56 bits per heavy atom. The van der Waals surface area contributed by atoms with Gasteiger partial charge in [0.15, 0.2) is 0 Å². The predicted octanol–water partition coefficient (Wildman–Crippen LogP) is 3.40. The molecule has 18 heavy (non-hydrogen) atoms. The van der Waals surface area contributed by atoms with Crippen molar-refractivity contribution < 1.29 is 4.52 Å². The van der Waals surface area contributed by atoms with Crippen LogP contribution in [0.15, 0.2) is 34.9 Å². The number of nitrogens with one attached hydrogen (secondary N) is 1. The fourth-order valence-corrected chi connectivity index (χ4v) is 1.92. The number of nitrogens with zero attached hydrogens (tertiary/aromatic N) is 1. The van der Waals surface area contributed by atoms with Crippen molar-refractivity contribution in [3.8, 4) is 0 Å². The highest BCUT2D eigenvalue weighted by Crippen LogP contribution is 2.14. The summed E-state index contributed by atoms with van der Waals surface area (Å²) in [6.07, 6.45) is 1.08. The van der Waals surface area contributed by atoms with Crippen LogP contribution in [0.1, 0.15) is 42.5 Å². The highest BCUT2D eigenvalue weighted by atomic mass is 16.5. The maximum absolute atomic E-state index is 5.04. The summed E-state index contributed by atoms with van der Waals surface area (Å²) in [7, 11) is 0. The molecular formula is C15H20N2O. The number of benzene rings is 1. The SMILES string of the molecule is CCc1ccc(C(C)NCc2cc(C)on2)cc1. The van der Waals surface area contributed by atoms with Crippen molar-refractivity contribution in [2.45, 2.75) is 39.8 Å². The average molecular weight is 244 g/mol. The molecule has 0 aliphatic rings. The molecule has 1 aromatic heterocycles. The van der Waals surface area contributed by atoms with Crippen LogP contribution in [-0.4, -0.2) is 5.16 Å². The Balaban J connectivity index is 1.92. The predicted molar refractivity (Wildman–Crippen MR) is 72.3 cm³/mol. The van der Waals surface area contributed by atoms with E-state index in [0.717, 1.165) is 24.4 Å². The lowest BCUT2D eigenvalue weighted by Crippen LogP contribution is -2.18. The van der Waals surface area contributed by atoms with Gasteiger partial charge in [-0.05, 0) is 31.4 Å². The van der Waals surface area contributed by atoms with Crippen LogP contribution in [0.5, 0.6) is 0 Å². The largest absolute Gasteiger partial charge is 0.361 e. The van der Waals surface area contributed by atoms with Gasteiger partial charge in [-0.2, -0.15) is 0 Å². The summed E-state index contributed by atoms with van der Waals surface area (Å²) in [5.74, 6) is 0.853. The van der Waals surface area contributed by atoms with Crippen LogP contribution < -0.4 is 5.32 Å². The van der Waals surface area contributed by atoms with E-state index in [0.29, 0.717) is 6.04 Å². The Labute approximate surface area is 108 Å². The second kappa shape index (κ2) is 5.83. The quantitative estimate of drug-likeness (QED) is 0.876. The third-order valence-corrected chi connectivity index (χ3v) is 3.15. The van der Waals surface area contributed by atoms with Gasteiger partial charge in [-0.15, -0.1) is 0 Å². The van der Waals surface area contributed by atoms with Crippen molar-refractivity contribution in [1.82, 2.24) is 10.5 Å². The fourth-order valence-electron chi connectivity index (χ4n) is 1.92. The van der Waals surface area contributed by atoms with E-state index in [1.807, 2.05) is 13.0 Å². The van der Waals surface area contributed by atoms with E-state index in [9.17, 15) is 0 Å². The van der Waals surface area contributed by atoms with E-state index < -0.39 is 0 Å². The fraction of sp³-hybridized carbons (Fsp3) is 0.400. The molecule has 0 saturated carbocycles. The molecular weight excluding hydrogens is 224 g/mol. The molecule has 1 aromatic carbocycles. The summed E-state index contributed by atoms with van der Waals surface area (Å²) in [6, 6.07) is 11.0. The highest BCUT2D eigenvalue weighted by Gasteiger charge is 2.06. The molecule has 1 heterocycles. The zero-order valence-corrected chi connectivity index (χ0v) is 11.2. The third kappa shape index (κ3) is 3.20. The monoisotopic (exact) mass is 244 g/mol. The maximum atomic E-state index is 5.04. The van der Waals surface area contributed by atoms with E-state index in [-0.39, 0.29) is 0 Å². The molecule has 0 bridgehead atoms. The Kier molecular flexibility index (Phi) is 4.15. The van der Waals surface area contributed by atoms with Crippen LogP contribution in [-0.2, 0) is 13.0 Å². The molecule has 1 atom stereocenters. The van der Waals surface area contributed by atoms with Crippen molar-refractivity contribution in [3.63, 3.8) is 0 Å². The molecule has 2 rings (SSSR count). The van der Waals surface area contributed by atoms with Gasteiger partial charge in [-0.3, -0.25) is 0 Å². The molecule has 0 aliphatic heterocycles. The summed E-state index contributed by atoms with van der Waals surface area (Å²) in [5, 5.41) is 7.41. The van der Waals surface area contributed by atoms with Crippen molar-refractivity contribution in [2.24, 2.45) is 0 Å². The Morgan fingerprint density at radius 1 is 1.28 bits per heavy atom. The first-order valence-electron chi connectivity index (χ1n) is 6.43. The van der Waals surface area contributed by atoms with Gasteiger partial charge in [0, 0.05) is 18.7 Å². The minimum atomic E-state index is 0.313. The number of hydrogen-bond acceptors (Lipinski definition) is 3. The zero-order chi connectivity index (χ0) is 13.0. The average Bonchev–Trinajstić information content (AvgIpc) is 2.82. The lowest BCUT2D eigenvalue weighted by atomic mass is 10.0. The van der Waals surface area contributed by atoms with Gasteiger partial charge in [-0.1, -0.05) is 36.3 Å². The van der Waals surface area contributed by atoms with E-state index in [2.05, 4.69) is 48.6 Å². The number of hydrogen-bond donors (Lipinski definition) is 1. The van der Waals surface area contributed by atoms with E-state index in [1.54, 1.807) is 0 Å². The number of aryl methyl sites for hydroxylation is 2. The molecule has 0 amide bonds. The molecule has 0 spiro atoms. The first-order valence-corrected chi connectivity index (χ1v) is 6.43. The summed E-state index contributed by atoms with van der Waals surface area (Å²) in [4.78, 5) is 0. The van der Waals surface area contributed by atoms with Gasteiger partial charge in [0.2, 0.25) is 0 Å². The maximum Gasteiger partial charge on any atom is 0.133 e. The van der Waals surface area contributed by atoms with Crippen molar-refractivity contribution in [2.75, 3.05) is 0 Å². The van der Waals surface area contributed by atoms with E-state index in [1.165, 1.54) is 11.1 Å². The summed E-state index contributed by atoms with van der Waals surface area (Å²) < 4.78 is 5.04. The van der Waals surface area contributed by atoms with Crippen LogP contribution in [0.4, 0.5) is 0 Å². The molecule has 0 fully saturated rings. The molecule has 3 heteroatoms. The minimum Gasteiger partial charge on any atom is -0.361 e. The number of rotatable bonds is 5. The minimum absolute atomic E-state index is 0.313. The number of aromatic nitrogens is 1. The molecule has 0 radical (unpaired) electrons. The summed E-state index contributed by atoms with van der Waals surface area (Å²) in [5.41, 5.74) is 3.62. The van der Waals surface area contributed by atoms with Gasteiger partial charge < -0.3 is 9.84 Å². The van der Waals surface area contributed by atoms with Crippen molar-refractivity contribution >= 4 is 0 Å². The van der Waals surface area contributed by atoms with Gasteiger partial charge in [0.05, 0.1) is 5.69 Å². The highest BCUT2D eigenvalue weighted by molar-refractivity contribution is 5.24. The third-order valence-electron chi connectivity index (χ3n) is 3.15. The second-order valence-corrected chi connectivity index (χ2v) is 4.63. The van der Waals surface area contributed by atoms with E-state index in [4.69, 9.17) is 4.52 Å². The Morgan fingerprint density at radius 2 is 2.00 bits per heavy atom. The van der Waals surface area contributed by atoms with Crippen LogP contribution in [0.25, 0.3) is 0 Å². The molecule has 96 valence electrons. The Hall–Kier alpha value is -1.61. The van der Waals surface area contributed by atoms with E-state index >= 15 is 0 Å². The molecule has 0 aliphatic carbocycles. The van der Waals surface area contributed by atoms with Gasteiger partial charge in [0.1, 0.15) is 5.76 Å². The zero-order valence-electron chi connectivity index (χ0n) is 11.2. The van der Waals surface area contributed by atoms with Gasteiger partial charge in [-0.25, -0.2) is 0 Å². The Bertz CT molecular complexity index is 487. The normalized spacial score (nSPS) is 12.6. The van der Waals surface area contributed by atoms with Gasteiger partial charge in [0.25, 0.3) is 0 Å². The van der Waals surface area contributed by atoms with Crippen LogP contribution in [0, 0.1) is 6.92 Å². The first-order chi connectivity index (χ1) is 8.69. The van der Waals surface area contributed by atoms with Crippen molar-refractivity contribution in [3.05, 3.63) is 52.9 Å². The molecule has 1 unspecified atom stereocenters. The molecule has 0 saturated heterocycles. The lowest BCUT2D eigenvalue weighted by molar-refractivity contribution is 0.386.